The standard InChI is InChI=1S/C20H26O5/c1-5-13(3)19(22)24-16-9-12(2)7-6-8-15(11-21)10-17-18(16)14(4)20(23)25-17/h5,7,10,16-18,21H,4,6,8-9,11H2,1-3H3/b12-7-,13-5+,15-10+/t16-,17-,18-/m1/s1. The molecule has 1 heterocycles. The van der Waals surface area contributed by atoms with Gasteiger partial charge in [0.2, 0.25) is 0 Å². The summed E-state index contributed by atoms with van der Waals surface area (Å²) in [5.41, 5.74) is 2.69. The molecule has 0 aromatic heterocycles. The van der Waals surface area contributed by atoms with Gasteiger partial charge in [0, 0.05) is 17.6 Å². The molecule has 3 atom stereocenters. The summed E-state index contributed by atoms with van der Waals surface area (Å²) in [7, 11) is 0. The Balaban J connectivity index is 2.40. The zero-order valence-electron chi connectivity index (χ0n) is 15.1. The van der Waals surface area contributed by atoms with Crippen molar-refractivity contribution >= 4 is 11.9 Å². The van der Waals surface area contributed by atoms with Gasteiger partial charge in [0.15, 0.2) is 0 Å². The number of aliphatic hydroxyl groups excluding tert-OH is 1. The van der Waals surface area contributed by atoms with Gasteiger partial charge >= 0.3 is 11.9 Å². The van der Waals surface area contributed by atoms with E-state index in [-0.39, 0.29) is 6.61 Å². The Morgan fingerprint density at radius 2 is 2.24 bits per heavy atom. The summed E-state index contributed by atoms with van der Waals surface area (Å²) in [6.45, 7) is 9.20. The van der Waals surface area contributed by atoms with Gasteiger partial charge in [-0.05, 0) is 45.3 Å². The van der Waals surface area contributed by atoms with Gasteiger partial charge in [-0.2, -0.15) is 0 Å². The Bertz CT molecular complexity index is 653. The SMILES string of the molecule is C=C1C(=O)O[C@@H]2/C=C(/CO)CC/C=C(/C)C[C@@H](OC(=O)/C(C)=C/C)[C@@H]12. The van der Waals surface area contributed by atoms with E-state index in [1.54, 1.807) is 26.0 Å². The molecule has 0 saturated carbocycles. The second-order valence-electron chi connectivity index (χ2n) is 6.61. The van der Waals surface area contributed by atoms with Crippen LogP contribution in [0, 0.1) is 5.92 Å². The highest BCUT2D eigenvalue weighted by Crippen LogP contribution is 2.36. The fourth-order valence-electron chi connectivity index (χ4n) is 3.12. The Morgan fingerprint density at radius 1 is 1.52 bits per heavy atom. The van der Waals surface area contributed by atoms with E-state index in [0.29, 0.717) is 24.0 Å². The molecule has 2 rings (SSSR count). The molecule has 0 aromatic carbocycles. The summed E-state index contributed by atoms with van der Waals surface area (Å²) in [4.78, 5) is 24.3. The summed E-state index contributed by atoms with van der Waals surface area (Å²) in [6.07, 6.45) is 6.42. The van der Waals surface area contributed by atoms with E-state index in [4.69, 9.17) is 9.47 Å². The van der Waals surface area contributed by atoms with Crippen molar-refractivity contribution in [3.8, 4) is 0 Å². The minimum atomic E-state index is -0.572. The third kappa shape index (κ3) is 4.48. The topological polar surface area (TPSA) is 72.8 Å². The summed E-state index contributed by atoms with van der Waals surface area (Å²) in [6, 6.07) is 0. The third-order valence-corrected chi connectivity index (χ3v) is 4.76. The molecule has 0 radical (unpaired) electrons. The Morgan fingerprint density at radius 3 is 2.88 bits per heavy atom. The fraction of sp³-hybridized carbons (Fsp3) is 0.500. The van der Waals surface area contributed by atoms with Crippen LogP contribution in [0.25, 0.3) is 0 Å². The number of fused-ring (bicyclic) bond motifs is 1. The van der Waals surface area contributed by atoms with E-state index in [1.807, 2.05) is 6.92 Å². The maximum Gasteiger partial charge on any atom is 0.334 e. The van der Waals surface area contributed by atoms with Crippen molar-refractivity contribution in [1.29, 1.82) is 0 Å². The van der Waals surface area contributed by atoms with Crippen LogP contribution in [0.4, 0.5) is 0 Å². The highest BCUT2D eigenvalue weighted by atomic mass is 16.6. The second-order valence-corrected chi connectivity index (χ2v) is 6.61. The van der Waals surface area contributed by atoms with Crippen LogP contribution < -0.4 is 0 Å². The van der Waals surface area contributed by atoms with E-state index in [9.17, 15) is 14.7 Å². The van der Waals surface area contributed by atoms with Crippen LogP contribution in [-0.4, -0.2) is 35.9 Å². The second kappa shape index (κ2) is 8.30. The molecule has 0 bridgehead atoms. The lowest BCUT2D eigenvalue weighted by molar-refractivity contribution is -0.147. The van der Waals surface area contributed by atoms with Crippen LogP contribution in [0.3, 0.4) is 0 Å². The number of ether oxygens (including phenoxy) is 2. The molecule has 0 aromatic rings. The normalized spacial score (nSPS) is 32.0. The number of rotatable bonds is 3. The van der Waals surface area contributed by atoms with Crippen LogP contribution in [0.15, 0.2) is 47.1 Å². The lowest BCUT2D eigenvalue weighted by Gasteiger charge is -2.27. The Kier molecular flexibility index (Phi) is 6.37. The number of esters is 2. The molecule has 5 nitrogen and oxygen atoms in total. The van der Waals surface area contributed by atoms with Gasteiger partial charge in [0.25, 0.3) is 0 Å². The minimum Gasteiger partial charge on any atom is -0.458 e. The number of carbonyl (C=O) groups excluding carboxylic acids is 2. The molecule has 1 fully saturated rings. The molecule has 0 amide bonds. The van der Waals surface area contributed by atoms with Gasteiger partial charge in [0.1, 0.15) is 12.2 Å². The van der Waals surface area contributed by atoms with Gasteiger partial charge < -0.3 is 14.6 Å². The van der Waals surface area contributed by atoms with Crippen molar-refractivity contribution in [2.45, 2.75) is 52.2 Å². The van der Waals surface area contributed by atoms with Crippen molar-refractivity contribution < 1.29 is 24.2 Å². The van der Waals surface area contributed by atoms with Gasteiger partial charge in [-0.15, -0.1) is 0 Å². The predicted molar refractivity (Wildman–Crippen MR) is 94.6 cm³/mol. The Labute approximate surface area is 148 Å². The molecule has 1 aliphatic carbocycles. The molecule has 1 N–H and O–H groups in total. The van der Waals surface area contributed by atoms with Crippen molar-refractivity contribution in [1.82, 2.24) is 0 Å². The van der Waals surface area contributed by atoms with Gasteiger partial charge in [0.05, 0.1) is 12.5 Å². The minimum absolute atomic E-state index is 0.0950. The smallest absolute Gasteiger partial charge is 0.334 e. The number of aliphatic hydroxyl groups is 1. The summed E-state index contributed by atoms with van der Waals surface area (Å²) < 4.78 is 11.1. The van der Waals surface area contributed by atoms with E-state index in [2.05, 4.69) is 12.7 Å². The number of allylic oxidation sites excluding steroid dienone is 2. The molecule has 2 aliphatic rings. The fourth-order valence-corrected chi connectivity index (χ4v) is 3.12. The molecular weight excluding hydrogens is 320 g/mol. The molecule has 0 spiro atoms. The molecule has 25 heavy (non-hydrogen) atoms. The van der Waals surface area contributed by atoms with Gasteiger partial charge in [-0.3, -0.25) is 0 Å². The zero-order valence-corrected chi connectivity index (χ0v) is 15.1. The molecular formula is C20H26O5. The largest absolute Gasteiger partial charge is 0.458 e. The van der Waals surface area contributed by atoms with Crippen LogP contribution in [0.2, 0.25) is 0 Å². The van der Waals surface area contributed by atoms with Gasteiger partial charge in [-0.1, -0.05) is 24.3 Å². The number of hydrogen-bond donors (Lipinski definition) is 1. The molecule has 136 valence electrons. The first-order valence-corrected chi connectivity index (χ1v) is 8.57. The maximum absolute atomic E-state index is 12.3. The summed E-state index contributed by atoms with van der Waals surface area (Å²) in [5.74, 6) is -1.34. The third-order valence-electron chi connectivity index (χ3n) is 4.76. The molecule has 5 heteroatoms. The average molecular weight is 346 g/mol. The van der Waals surface area contributed by atoms with Crippen LogP contribution in [0.5, 0.6) is 0 Å². The zero-order chi connectivity index (χ0) is 18.6. The first kappa shape index (κ1) is 19.2. The van der Waals surface area contributed by atoms with Gasteiger partial charge in [-0.25, -0.2) is 9.59 Å². The highest BCUT2D eigenvalue weighted by Gasteiger charge is 2.44. The lowest BCUT2D eigenvalue weighted by atomic mass is 9.85. The quantitative estimate of drug-likeness (QED) is 0.483. The van der Waals surface area contributed by atoms with E-state index in [0.717, 1.165) is 17.6 Å². The van der Waals surface area contributed by atoms with Crippen molar-refractivity contribution in [3.05, 3.63) is 47.1 Å². The first-order chi connectivity index (χ1) is 11.9. The highest BCUT2D eigenvalue weighted by molar-refractivity contribution is 5.92. The summed E-state index contributed by atoms with van der Waals surface area (Å²) in [5, 5.41) is 9.56. The molecule has 0 unspecified atom stereocenters. The van der Waals surface area contributed by atoms with Crippen molar-refractivity contribution in [2.24, 2.45) is 5.92 Å². The lowest BCUT2D eigenvalue weighted by Crippen LogP contribution is -2.33. The Hall–Kier alpha value is -2.14. The maximum atomic E-state index is 12.3. The van der Waals surface area contributed by atoms with E-state index in [1.165, 1.54) is 0 Å². The average Bonchev–Trinajstić information content (AvgIpc) is 2.86. The van der Waals surface area contributed by atoms with E-state index < -0.39 is 30.1 Å². The predicted octanol–water partition coefficient (Wildman–Crippen LogP) is 3.01. The number of hydrogen-bond acceptors (Lipinski definition) is 5. The molecule has 1 aliphatic heterocycles. The van der Waals surface area contributed by atoms with E-state index >= 15 is 0 Å². The number of carbonyl (C=O) groups is 2. The summed E-state index contributed by atoms with van der Waals surface area (Å²) >= 11 is 0. The first-order valence-electron chi connectivity index (χ1n) is 8.57. The van der Waals surface area contributed by atoms with Crippen molar-refractivity contribution in [2.75, 3.05) is 6.61 Å². The van der Waals surface area contributed by atoms with Crippen LogP contribution in [-0.2, 0) is 19.1 Å². The van der Waals surface area contributed by atoms with Crippen LogP contribution in [0.1, 0.15) is 40.0 Å². The van der Waals surface area contributed by atoms with Crippen LogP contribution >= 0.6 is 0 Å². The van der Waals surface area contributed by atoms with Crippen molar-refractivity contribution in [3.63, 3.8) is 0 Å². The molecule has 1 saturated heterocycles. The monoisotopic (exact) mass is 346 g/mol.